The van der Waals surface area contributed by atoms with E-state index in [9.17, 15) is 13.2 Å². The molecule has 0 aromatic rings. The van der Waals surface area contributed by atoms with Gasteiger partial charge < -0.3 is 5.11 Å². The van der Waals surface area contributed by atoms with Gasteiger partial charge in [0.15, 0.2) is 0 Å². The van der Waals surface area contributed by atoms with Crippen LogP contribution in [0.15, 0.2) is 24.3 Å². The maximum Gasteiger partial charge on any atom is 0.233 e. The number of carbonyl (C=O) groups excluding carboxylic acids is 1. The molecule has 0 aromatic heterocycles. The Balaban J connectivity index is 3.31. The maximum absolute atomic E-state index is 11.3. The molecule has 0 aliphatic carbocycles. The number of aliphatic hydroxyl groups is 1. The molecule has 0 unspecified atom stereocenters. The van der Waals surface area contributed by atoms with Gasteiger partial charge in [0.05, 0.1) is 6.26 Å². The van der Waals surface area contributed by atoms with Crippen LogP contribution in [-0.2, 0) is 14.8 Å². The lowest BCUT2D eigenvalue weighted by Crippen LogP contribution is -2.28. The standard InChI is InChI=1S/C21H39NO4S/c1-27(25,26)22-21(24)19-17-15-13-11-9-7-5-3-2-4-6-8-10-12-14-16-18-20-23/h9-12,23H,2-8,13-20H2,1H3,(H,22,24)/b11-9-,12-10-. The zero-order valence-electron chi connectivity index (χ0n) is 17.0. The van der Waals surface area contributed by atoms with Gasteiger partial charge in [-0.15, -0.1) is 0 Å². The Morgan fingerprint density at radius 1 is 0.741 bits per heavy atom. The van der Waals surface area contributed by atoms with E-state index in [0.717, 1.165) is 44.8 Å². The van der Waals surface area contributed by atoms with Crippen LogP contribution in [0.1, 0.15) is 89.9 Å². The third-order valence-corrected chi connectivity index (χ3v) is 4.78. The Hall–Kier alpha value is -1.14. The summed E-state index contributed by atoms with van der Waals surface area (Å²) in [6, 6.07) is 0. The van der Waals surface area contributed by atoms with Gasteiger partial charge in [0, 0.05) is 13.0 Å². The van der Waals surface area contributed by atoms with Crippen molar-refractivity contribution in [3.8, 4) is 0 Å². The van der Waals surface area contributed by atoms with Gasteiger partial charge in [0.25, 0.3) is 0 Å². The molecule has 0 rings (SSSR count). The van der Waals surface area contributed by atoms with Gasteiger partial charge in [-0.3, -0.25) is 9.52 Å². The number of sulfonamides is 1. The summed E-state index contributed by atoms with van der Waals surface area (Å²) in [7, 11) is -3.42. The number of carbonyl (C=O) groups is 1. The van der Waals surface area contributed by atoms with Gasteiger partial charge in [0.1, 0.15) is 0 Å². The highest BCUT2D eigenvalue weighted by atomic mass is 32.2. The van der Waals surface area contributed by atoms with E-state index in [1.54, 1.807) is 0 Å². The van der Waals surface area contributed by atoms with Crippen molar-refractivity contribution in [2.75, 3.05) is 12.9 Å². The van der Waals surface area contributed by atoms with Crippen LogP contribution in [0.25, 0.3) is 0 Å². The zero-order valence-corrected chi connectivity index (χ0v) is 17.8. The first-order valence-electron chi connectivity index (χ1n) is 10.4. The minimum atomic E-state index is -3.42. The van der Waals surface area contributed by atoms with Crippen LogP contribution in [0.4, 0.5) is 0 Å². The maximum atomic E-state index is 11.3. The van der Waals surface area contributed by atoms with E-state index < -0.39 is 15.9 Å². The summed E-state index contributed by atoms with van der Waals surface area (Å²) in [5.41, 5.74) is 0. The fourth-order valence-corrected chi connectivity index (χ4v) is 3.22. The fourth-order valence-electron chi connectivity index (χ4n) is 2.71. The van der Waals surface area contributed by atoms with Crippen LogP contribution in [-0.4, -0.2) is 32.3 Å². The Bertz CT molecular complexity index is 512. The average Bonchev–Trinajstić information content (AvgIpc) is 2.59. The highest BCUT2D eigenvalue weighted by molar-refractivity contribution is 7.89. The van der Waals surface area contributed by atoms with Crippen LogP contribution >= 0.6 is 0 Å². The number of unbranched alkanes of at least 4 members (excludes halogenated alkanes) is 10. The molecule has 0 heterocycles. The third kappa shape index (κ3) is 22.8. The second-order valence-electron chi connectivity index (χ2n) is 7.05. The Labute approximate surface area is 166 Å². The largest absolute Gasteiger partial charge is 0.396 e. The third-order valence-electron chi connectivity index (χ3n) is 4.18. The molecule has 5 nitrogen and oxygen atoms in total. The quantitative estimate of drug-likeness (QED) is 0.259. The molecule has 27 heavy (non-hydrogen) atoms. The number of rotatable bonds is 18. The molecule has 0 spiro atoms. The van der Waals surface area contributed by atoms with E-state index in [-0.39, 0.29) is 6.42 Å². The Morgan fingerprint density at radius 2 is 1.15 bits per heavy atom. The van der Waals surface area contributed by atoms with Crippen LogP contribution in [0.2, 0.25) is 0 Å². The van der Waals surface area contributed by atoms with E-state index in [1.165, 1.54) is 38.5 Å². The van der Waals surface area contributed by atoms with Crippen LogP contribution in [0.3, 0.4) is 0 Å². The summed E-state index contributed by atoms with van der Waals surface area (Å²) >= 11 is 0. The number of aliphatic hydroxyl groups excluding tert-OH is 1. The molecular weight excluding hydrogens is 362 g/mol. The lowest BCUT2D eigenvalue weighted by molar-refractivity contribution is -0.119. The summed E-state index contributed by atoms with van der Waals surface area (Å²) in [6.45, 7) is 0.301. The lowest BCUT2D eigenvalue weighted by Gasteiger charge is -2.01. The molecule has 0 saturated carbocycles. The topological polar surface area (TPSA) is 83.5 Å². The first-order valence-corrected chi connectivity index (χ1v) is 12.3. The minimum absolute atomic E-state index is 0.263. The summed E-state index contributed by atoms with van der Waals surface area (Å²) in [6.07, 6.45) is 24.4. The minimum Gasteiger partial charge on any atom is -0.396 e. The van der Waals surface area contributed by atoms with Crippen molar-refractivity contribution in [3.05, 3.63) is 24.3 Å². The van der Waals surface area contributed by atoms with Crippen molar-refractivity contribution in [1.29, 1.82) is 0 Å². The van der Waals surface area contributed by atoms with E-state index in [2.05, 4.69) is 24.3 Å². The van der Waals surface area contributed by atoms with Gasteiger partial charge in [-0.1, -0.05) is 43.6 Å². The first kappa shape index (κ1) is 25.9. The number of amides is 1. The smallest absolute Gasteiger partial charge is 0.233 e. The van der Waals surface area contributed by atoms with Crippen LogP contribution in [0, 0.1) is 0 Å². The molecule has 1 amide bonds. The number of hydrogen-bond donors (Lipinski definition) is 2. The second kappa shape index (κ2) is 18.2. The molecule has 0 aliphatic heterocycles. The van der Waals surface area contributed by atoms with E-state index in [0.29, 0.717) is 13.0 Å². The molecule has 2 N–H and O–H groups in total. The first-order chi connectivity index (χ1) is 13.0. The summed E-state index contributed by atoms with van der Waals surface area (Å²) < 4.78 is 23.7. The monoisotopic (exact) mass is 401 g/mol. The van der Waals surface area contributed by atoms with Crippen LogP contribution in [0.5, 0.6) is 0 Å². The van der Waals surface area contributed by atoms with Gasteiger partial charge >= 0.3 is 0 Å². The van der Waals surface area contributed by atoms with Gasteiger partial charge in [-0.2, -0.15) is 0 Å². The molecule has 0 radical (unpaired) electrons. The molecule has 0 atom stereocenters. The molecule has 6 heteroatoms. The van der Waals surface area contributed by atoms with Crippen molar-refractivity contribution >= 4 is 15.9 Å². The number of nitrogens with one attached hydrogen (secondary N) is 1. The van der Waals surface area contributed by atoms with E-state index in [1.807, 2.05) is 4.72 Å². The highest BCUT2D eigenvalue weighted by Crippen LogP contribution is 2.09. The Kier molecular flexibility index (Phi) is 17.5. The lowest BCUT2D eigenvalue weighted by atomic mass is 10.1. The molecule has 158 valence electrons. The van der Waals surface area contributed by atoms with Crippen molar-refractivity contribution in [2.24, 2.45) is 0 Å². The second-order valence-corrected chi connectivity index (χ2v) is 8.80. The number of allylic oxidation sites excluding steroid dienone is 4. The molecular formula is C21H39NO4S. The van der Waals surface area contributed by atoms with E-state index >= 15 is 0 Å². The zero-order chi connectivity index (χ0) is 20.2. The summed E-state index contributed by atoms with van der Waals surface area (Å²) in [5.74, 6) is -0.418. The Morgan fingerprint density at radius 3 is 1.59 bits per heavy atom. The van der Waals surface area contributed by atoms with Crippen molar-refractivity contribution in [1.82, 2.24) is 4.72 Å². The summed E-state index contributed by atoms with van der Waals surface area (Å²) in [4.78, 5) is 11.3. The molecule has 0 bridgehead atoms. The highest BCUT2D eigenvalue weighted by Gasteiger charge is 2.06. The van der Waals surface area contributed by atoms with Crippen LogP contribution < -0.4 is 4.72 Å². The number of hydrogen-bond acceptors (Lipinski definition) is 4. The fraction of sp³-hybridized carbons (Fsp3) is 0.762. The molecule has 0 aliphatic rings. The van der Waals surface area contributed by atoms with Gasteiger partial charge in [-0.25, -0.2) is 8.42 Å². The SMILES string of the molecule is CS(=O)(=O)NC(=O)CCCC/C=C\CCCCCCC/C=C\CCCCO. The van der Waals surface area contributed by atoms with Crippen molar-refractivity contribution in [2.45, 2.75) is 89.9 Å². The van der Waals surface area contributed by atoms with Crippen molar-refractivity contribution < 1.29 is 18.3 Å². The molecule has 0 fully saturated rings. The van der Waals surface area contributed by atoms with Gasteiger partial charge in [-0.05, 0) is 64.2 Å². The van der Waals surface area contributed by atoms with Crippen molar-refractivity contribution in [3.63, 3.8) is 0 Å². The predicted octanol–water partition coefficient (Wildman–Crippen LogP) is 4.63. The predicted molar refractivity (Wildman–Crippen MR) is 113 cm³/mol. The molecule has 0 saturated heterocycles. The molecule has 0 aromatic carbocycles. The summed E-state index contributed by atoms with van der Waals surface area (Å²) in [5, 5.41) is 8.68. The average molecular weight is 402 g/mol. The van der Waals surface area contributed by atoms with E-state index in [4.69, 9.17) is 5.11 Å². The van der Waals surface area contributed by atoms with Gasteiger partial charge in [0.2, 0.25) is 15.9 Å². The normalized spacial score (nSPS) is 12.2.